The molecule has 0 N–H and O–H groups in total. The summed E-state index contributed by atoms with van der Waals surface area (Å²) in [5, 5.41) is 14.8. The van der Waals surface area contributed by atoms with Crippen LogP contribution in [0.5, 0.6) is 0 Å². The van der Waals surface area contributed by atoms with E-state index in [2.05, 4.69) is 51.9 Å². The molecule has 0 amide bonds. The highest BCUT2D eigenvalue weighted by Crippen LogP contribution is 2.40. The summed E-state index contributed by atoms with van der Waals surface area (Å²) in [5.74, 6) is 0.430. The Balaban J connectivity index is 1.43. The van der Waals surface area contributed by atoms with Gasteiger partial charge in [0.05, 0.1) is 27.8 Å². The van der Waals surface area contributed by atoms with Crippen molar-refractivity contribution in [2.75, 3.05) is 0 Å². The Hall–Kier alpha value is -6.24. The fraction of sp³-hybridized carbons (Fsp3) is 0. The van der Waals surface area contributed by atoms with Crippen LogP contribution in [0.3, 0.4) is 0 Å². The van der Waals surface area contributed by atoms with Gasteiger partial charge in [0.15, 0.2) is 0 Å². The first kappa shape index (κ1) is 23.6. The zero-order chi connectivity index (χ0) is 28.2. The van der Waals surface area contributed by atoms with E-state index in [-0.39, 0.29) is 11.5 Å². The summed E-state index contributed by atoms with van der Waals surface area (Å²) < 4.78 is 4.12. The van der Waals surface area contributed by atoms with E-state index >= 15 is 0 Å². The quantitative estimate of drug-likeness (QED) is 0.212. The third-order valence-electron chi connectivity index (χ3n) is 7.86. The first-order valence-electron chi connectivity index (χ1n) is 13.5. The number of rotatable bonds is 3. The van der Waals surface area contributed by atoms with Gasteiger partial charge in [-0.1, -0.05) is 103 Å². The molecule has 0 saturated heterocycles. The standard InChI is InChI=1S/C36H20N6/c1-38-35-34(27-16-6-11-21-33(27)41-29-17-7-2-12-23(29)24-13-3-8-18-30(24)41)28(22-37)39-36(40-35)42-31-19-9-4-14-25(31)26-15-5-10-20-32(26)42/h2-21H. The van der Waals surface area contributed by atoms with Gasteiger partial charge in [0.25, 0.3) is 5.82 Å². The predicted octanol–water partition coefficient (Wildman–Crippen LogP) is 8.76. The van der Waals surface area contributed by atoms with E-state index < -0.39 is 0 Å². The van der Waals surface area contributed by atoms with E-state index in [1.54, 1.807) is 0 Å². The van der Waals surface area contributed by atoms with Crippen LogP contribution in [0.1, 0.15) is 5.69 Å². The molecular weight excluding hydrogens is 516 g/mol. The maximum atomic E-state index is 10.5. The van der Waals surface area contributed by atoms with Gasteiger partial charge in [-0.15, -0.1) is 0 Å². The molecule has 8 aromatic rings. The van der Waals surface area contributed by atoms with Crippen LogP contribution in [0.4, 0.5) is 5.82 Å². The molecule has 0 unspecified atom stereocenters. The van der Waals surface area contributed by atoms with E-state index in [1.165, 1.54) is 0 Å². The summed E-state index contributed by atoms with van der Waals surface area (Å²) in [7, 11) is 0. The van der Waals surface area contributed by atoms with Crippen LogP contribution in [0.25, 0.3) is 71.2 Å². The molecule has 0 atom stereocenters. The van der Waals surface area contributed by atoms with E-state index in [0.717, 1.165) is 54.9 Å². The van der Waals surface area contributed by atoms with Crippen molar-refractivity contribution < 1.29 is 0 Å². The summed E-state index contributed by atoms with van der Waals surface area (Å²) >= 11 is 0. The van der Waals surface area contributed by atoms with E-state index in [9.17, 15) is 5.26 Å². The van der Waals surface area contributed by atoms with E-state index in [0.29, 0.717) is 11.5 Å². The Labute approximate surface area is 240 Å². The van der Waals surface area contributed by atoms with Gasteiger partial charge in [0.2, 0.25) is 0 Å². The van der Waals surface area contributed by atoms with Crippen LogP contribution in [0.15, 0.2) is 121 Å². The maximum Gasteiger partial charge on any atom is 0.332 e. The second-order valence-corrected chi connectivity index (χ2v) is 10.1. The summed E-state index contributed by atoms with van der Waals surface area (Å²) in [5.41, 5.74) is 6.06. The topological polar surface area (TPSA) is 63.8 Å². The Kier molecular flexibility index (Phi) is 5.15. The van der Waals surface area contributed by atoms with E-state index in [1.807, 2.05) is 89.5 Å². The Bertz CT molecular complexity index is 2310. The number of hydrogen-bond acceptors (Lipinski definition) is 3. The monoisotopic (exact) mass is 536 g/mol. The highest BCUT2D eigenvalue weighted by molar-refractivity contribution is 6.10. The minimum Gasteiger partial charge on any atom is -0.360 e. The number of hydrogen-bond donors (Lipinski definition) is 0. The molecule has 42 heavy (non-hydrogen) atoms. The minimum absolute atomic E-state index is 0.131. The summed E-state index contributed by atoms with van der Waals surface area (Å²) in [6, 6.07) is 42.8. The van der Waals surface area contributed by atoms with Gasteiger partial charge in [-0.05, 0) is 35.9 Å². The molecule has 0 aliphatic rings. The Morgan fingerprint density at radius 3 is 1.52 bits per heavy atom. The van der Waals surface area contributed by atoms with E-state index in [4.69, 9.17) is 16.5 Å². The van der Waals surface area contributed by atoms with Crippen molar-refractivity contribution in [1.29, 1.82) is 5.26 Å². The van der Waals surface area contributed by atoms with Gasteiger partial charge in [0.1, 0.15) is 11.8 Å². The van der Waals surface area contributed by atoms with Crippen LogP contribution < -0.4 is 0 Å². The molecule has 5 aromatic carbocycles. The molecule has 6 nitrogen and oxygen atoms in total. The van der Waals surface area contributed by atoms with Crippen molar-refractivity contribution in [3.8, 4) is 28.8 Å². The lowest BCUT2D eigenvalue weighted by Crippen LogP contribution is -2.06. The Morgan fingerprint density at radius 2 is 1.02 bits per heavy atom. The van der Waals surface area contributed by atoms with Crippen LogP contribution in [0, 0.1) is 17.9 Å². The summed E-state index contributed by atoms with van der Waals surface area (Å²) in [6.45, 7) is 8.17. The fourth-order valence-electron chi connectivity index (χ4n) is 6.15. The molecule has 0 spiro atoms. The van der Waals surface area contributed by atoms with Gasteiger partial charge in [-0.2, -0.15) is 10.2 Å². The molecule has 0 bridgehead atoms. The van der Waals surface area contributed by atoms with Gasteiger partial charge in [0, 0.05) is 27.1 Å². The number of fused-ring (bicyclic) bond motifs is 6. The zero-order valence-corrected chi connectivity index (χ0v) is 22.2. The lowest BCUT2D eigenvalue weighted by molar-refractivity contribution is 0.987. The smallest absolute Gasteiger partial charge is 0.332 e. The number of benzene rings is 5. The van der Waals surface area contributed by atoms with Crippen LogP contribution in [0.2, 0.25) is 0 Å². The highest BCUT2D eigenvalue weighted by Gasteiger charge is 2.25. The zero-order valence-electron chi connectivity index (χ0n) is 22.2. The van der Waals surface area contributed by atoms with Crippen LogP contribution in [-0.2, 0) is 0 Å². The average Bonchev–Trinajstić information content (AvgIpc) is 3.57. The number of nitrogens with zero attached hydrogens (tertiary/aromatic N) is 6. The third-order valence-corrected chi connectivity index (χ3v) is 7.86. The molecule has 6 heteroatoms. The Morgan fingerprint density at radius 1 is 0.571 bits per heavy atom. The summed E-state index contributed by atoms with van der Waals surface area (Å²) in [4.78, 5) is 13.5. The molecule has 3 aromatic heterocycles. The third kappa shape index (κ3) is 3.30. The second kappa shape index (κ2) is 9.16. The van der Waals surface area contributed by atoms with Gasteiger partial charge in [-0.25, -0.2) is 0 Å². The molecule has 0 saturated carbocycles. The number of para-hydroxylation sites is 5. The van der Waals surface area contributed by atoms with Gasteiger partial charge < -0.3 is 9.41 Å². The van der Waals surface area contributed by atoms with Crippen molar-refractivity contribution in [2.45, 2.75) is 0 Å². The second-order valence-electron chi connectivity index (χ2n) is 10.1. The molecule has 0 aliphatic carbocycles. The normalized spacial score (nSPS) is 11.3. The highest BCUT2D eigenvalue weighted by atomic mass is 15.2. The largest absolute Gasteiger partial charge is 0.360 e. The van der Waals surface area contributed by atoms with Gasteiger partial charge >= 0.3 is 5.95 Å². The van der Waals surface area contributed by atoms with Gasteiger partial charge in [-0.3, -0.25) is 4.57 Å². The predicted molar refractivity (Wildman–Crippen MR) is 167 cm³/mol. The molecule has 0 radical (unpaired) electrons. The lowest BCUT2D eigenvalue weighted by atomic mass is 10.0. The average molecular weight is 537 g/mol. The number of aromatic nitrogens is 4. The van der Waals surface area contributed by atoms with Crippen LogP contribution >= 0.6 is 0 Å². The van der Waals surface area contributed by atoms with Crippen molar-refractivity contribution in [3.05, 3.63) is 138 Å². The molecule has 3 heterocycles. The van der Waals surface area contributed by atoms with Crippen molar-refractivity contribution in [2.24, 2.45) is 0 Å². The summed E-state index contributed by atoms with van der Waals surface area (Å²) in [6.07, 6.45) is 0. The molecular formula is C36H20N6. The minimum atomic E-state index is 0.131. The number of nitriles is 1. The molecule has 194 valence electrons. The van der Waals surface area contributed by atoms with Crippen molar-refractivity contribution in [3.63, 3.8) is 0 Å². The molecule has 0 fully saturated rings. The first-order valence-corrected chi connectivity index (χ1v) is 13.5. The maximum absolute atomic E-state index is 10.5. The SMILES string of the molecule is [C-]#[N+]c1nc(-n2c3ccccc3c3ccccc32)nc(C#N)c1-c1ccccc1-n1c2ccccc2c2ccccc21. The van der Waals surface area contributed by atoms with Crippen molar-refractivity contribution in [1.82, 2.24) is 19.1 Å². The van der Waals surface area contributed by atoms with Crippen LogP contribution in [-0.4, -0.2) is 19.1 Å². The fourth-order valence-corrected chi connectivity index (χ4v) is 6.15. The van der Waals surface area contributed by atoms with Crippen molar-refractivity contribution >= 4 is 49.4 Å². The molecule has 8 rings (SSSR count). The molecule has 0 aliphatic heterocycles. The first-order chi connectivity index (χ1) is 20.8. The lowest BCUT2D eigenvalue weighted by Gasteiger charge is -2.16.